The second-order valence-corrected chi connectivity index (χ2v) is 6.46. The molecule has 146 valence electrons. The molecule has 0 saturated heterocycles. The zero-order valence-electron chi connectivity index (χ0n) is 16.6. The van der Waals surface area contributed by atoms with Crippen molar-refractivity contribution in [3.8, 4) is 11.3 Å². The Morgan fingerprint density at radius 2 is 1.96 bits per heavy atom. The third-order valence-electron chi connectivity index (χ3n) is 4.78. The van der Waals surface area contributed by atoms with Gasteiger partial charge in [-0.2, -0.15) is 0 Å². The van der Waals surface area contributed by atoms with E-state index in [0.29, 0.717) is 29.0 Å². The first kappa shape index (κ1) is 19.6. The minimum absolute atomic E-state index is 0.128. The summed E-state index contributed by atoms with van der Waals surface area (Å²) >= 11 is 0. The van der Waals surface area contributed by atoms with Crippen molar-refractivity contribution in [3.05, 3.63) is 64.9 Å². The molecule has 5 nitrogen and oxygen atoms in total. The van der Waals surface area contributed by atoms with E-state index >= 15 is 0 Å². The summed E-state index contributed by atoms with van der Waals surface area (Å²) in [6.45, 7) is 8.28. The zero-order valence-corrected chi connectivity index (χ0v) is 16.6. The highest BCUT2D eigenvalue weighted by atomic mass is 19.1. The van der Waals surface area contributed by atoms with Crippen molar-refractivity contribution in [1.29, 1.82) is 0 Å². The predicted octanol–water partition coefficient (Wildman–Crippen LogP) is 4.89. The minimum Gasteiger partial charge on any atom is -0.356 e. The molecule has 0 spiro atoms. The van der Waals surface area contributed by atoms with Gasteiger partial charge in [-0.1, -0.05) is 19.9 Å². The number of benzene rings is 1. The van der Waals surface area contributed by atoms with Gasteiger partial charge in [-0.3, -0.25) is 9.78 Å². The summed E-state index contributed by atoms with van der Waals surface area (Å²) in [5.74, 6) is -0.414. The molecule has 0 saturated carbocycles. The van der Waals surface area contributed by atoms with Crippen molar-refractivity contribution in [1.82, 2.24) is 15.3 Å². The third-order valence-corrected chi connectivity index (χ3v) is 4.78. The smallest absolute Gasteiger partial charge is 0.255 e. The van der Waals surface area contributed by atoms with E-state index in [1.165, 1.54) is 6.07 Å². The molecule has 1 aliphatic heterocycles. The van der Waals surface area contributed by atoms with Crippen molar-refractivity contribution >= 4 is 17.3 Å². The Hall–Kier alpha value is -3.15. The zero-order chi connectivity index (χ0) is 20.3. The summed E-state index contributed by atoms with van der Waals surface area (Å²) in [5.41, 5.74) is 6.05. The number of aromatic amines is 1. The maximum atomic E-state index is 14.0. The summed E-state index contributed by atoms with van der Waals surface area (Å²) < 4.78 is 14.0. The lowest BCUT2D eigenvalue weighted by atomic mass is 10.0. The number of anilines is 2. The van der Waals surface area contributed by atoms with Crippen LogP contribution in [0.2, 0.25) is 0 Å². The highest BCUT2D eigenvalue weighted by molar-refractivity contribution is 6.06. The van der Waals surface area contributed by atoms with Gasteiger partial charge in [-0.05, 0) is 37.6 Å². The van der Waals surface area contributed by atoms with Crippen LogP contribution in [0.15, 0.2) is 36.7 Å². The Kier molecular flexibility index (Phi) is 5.78. The van der Waals surface area contributed by atoms with E-state index in [1.54, 1.807) is 25.4 Å². The average molecular weight is 380 g/mol. The molecular weight excluding hydrogens is 355 g/mol. The maximum Gasteiger partial charge on any atom is 0.255 e. The summed E-state index contributed by atoms with van der Waals surface area (Å²) in [4.78, 5) is 20.1. The molecule has 4 rings (SSSR count). The van der Waals surface area contributed by atoms with Crippen molar-refractivity contribution in [2.24, 2.45) is 0 Å². The molecule has 0 atom stereocenters. The van der Waals surface area contributed by atoms with Crippen LogP contribution >= 0.6 is 0 Å². The molecule has 1 aromatic carbocycles. The van der Waals surface area contributed by atoms with Crippen LogP contribution in [-0.4, -0.2) is 22.4 Å². The fourth-order valence-corrected chi connectivity index (χ4v) is 3.34. The molecule has 1 amide bonds. The number of halogens is 1. The number of H-pyrrole nitrogens is 1. The SMILES string of the molecule is CC.Cc1cnccc1-c1[nH]c2c(c1Nc1cccc(F)c1C)C(=O)NCC2. The van der Waals surface area contributed by atoms with Crippen LogP contribution in [0.25, 0.3) is 11.3 Å². The number of nitrogens with one attached hydrogen (secondary N) is 3. The molecule has 2 aromatic heterocycles. The fraction of sp³-hybridized carbons (Fsp3) is 0.273. The monoisotopic (exact) mass is 380 g/mol. The van der Waals surface area contributed by atoms with Crippen molar-refractivity contribution in [2.75, 3.05) is 11.9 Å². The van der Waals surface area contributed by atoms with Gasteiger partial charge in [0.05, 0.1) is 16.9 Å². The Labute approximate surface area is 164 Å². The lowest BCUT2D eigenvalue weighted by molar-refractivity contribution is 0.0947. The molecular formula is C22H25FN4O. The summed E-state index contributed by atoms with van der Waals surface area (Å²) in [5, 5.41) is 6.18. The maximum absolute atomic E-state index is 14.0. The lowest BCUT2D eigenvalue weighted by Gasteiger charge is -2.16. The van der Waals surface area contributed by atoms with Crippen LogP contribution in [0.4, 0.5) is 15.8 Å². The van der Waals surface area contributed by atoms with Crippen LogP contribution in [0.1, 0.15) is 41.0 Å². The molecule has 0 aliphatic carbocycles. The highest BCUT2D eigenvalue weighted by Gasteiger charge is 2.27. The van der Waals surface area contributed by atoms with E-state index in [9.17, 15) is 9.18 Å². The van der Waals surface area contributed by atoms with Gasteiger partial charge in [-0.15, -0.1) is 0 Å². The number of carbonyl (C=O) groups is 1. The Morgan fingerprint density at radius 3 is 2.71 bits per heavy atom. The molecule has 0 bridgehead atoms. The fourth-order valence-electron chi connectivity index (χ4n) is 3.34. The highest BCUT2D eigenvalue weighted by Crippen LogP contribution is 2.38. The molecule has 3 aromatic rings. The van der Waals surface area contributed by atoms with Gasteiger partial charge in [0.25, 0.3) is 5.91 Å². The normalized spacial score (nSPS) is 12.5. The van der Waals surface area contributed by atoms with E-state index in [1.807, 2.05) is 32.9 Å². The molecule has 0 unspecified atom stereocenters. The minimum atomic E-state index is -0.287. The van der Waals surface area contributed by atoms with E-state index in [2.05, 4.69) is 20.6 Å². The van der Waals surface area contributed by atoms with Crippen molar-refractivity contribution < 1.29 is 9.18 Å². The van der Waals surface area contributed by atoms with Crippen LogP contribution in [0.3, 0.4) is 0 Å². The van der Waals surface area contributed by atoms with E-state index in [0.717, 1.165) is 28.9 Å². The number of fused-ring (bicyclic) bond motifs is 1. The number of aromatic nitrogens is 2. The van der Waals surface area contributed by atoms with Gasteiger partial charge in [0.15, 0.2) is 0 Å². The number of hydrogen-bond donors (Lipinski definition) is 3. The molecule has 28 heavy (non-hydrogen) atoms. The molecule has 0 fully saturated rings. The number of rotatable bonds is 3. The second-order valence-electron chi connectivity index (χ2n) is 6.46. The van der Waals surface area contributed by atoms with E-state index in [4.69, 9.17) is 0 Å². The molecule has 1 aliphatic rings. The number of hydrogen-bond acceptors (Lipinski definition) is 3. The summed E-state index contributed by atoms with van der Waals surface area (Å²) in [6, 6.07) is 6.80. The molecule has 6 heteroatoms. The predicted molar refractivity (Wildman–Crippen MR) is 111 cm³/mol. The molecule has 3 heterocycles. The van der Waals surface area contributed by atoms with Crippen LogP contribution in [0.5, 0.6) is 0 Å². The summed E-state index contributed by atoms with van der Waals surface area (Å²) in [6.07, 6.45) is 4.23. The van der Waals surface area contributed by atoms with Gasteiger partial charge in [0, 0.05) is 47.9 Å². The Bertz CT molecular complexity index is 1010. The number of carbonyl (C=O) groups excluding carboxylic acids is 1. The first-order valence-electron chi connectivity index (χ1n) is 9.52. The topological polar surface area (TPSA) is 69.8 Å². The van der Waals surface area contributed by atoms with Gasteiger partial charge < -0.3 is 15.6 Å². The lowest BCUT2D eigenvalue weighted by Crippen LogP contribution is -2.31. The number of pyridine rings is 1. The molecule has 0 radical (unpaired) electrons. The second kappa shape index (κ2) is 8.25. The first-order chi connectivity index (χ1) is 13.6. The van der Waals surface area contributed by atoms with Crippen molar-refractivity contribution in [2.45, 2.75) is 34.1 Å². The van der Waals surface area contributed by atoms with Crippen molar-refractivity contribution in [3.63, 3.8) is 0 Å². The first-order valence-corrected chi connectivity index (χ1v) is 9.52. The average Bonchev–Trinajstić information content (AvgIpc) is 3.07. The van der Waals surface area contributed by atoms with Gasteiger partial charge in [-0.25, -0.2) is 4.39 Å². The van der Waals surface area contributed by atoms with Gasteiger partial charge in [0.1, 0.15) is 5.82 Å². The number of amides is 1. The molecule has 3 N–H and O–H groups in total. The quantitative estimate of drug-likeness (QED) is 0.606. The van der Waals surface area contributed by atoms with E-state index < -0.39 is 0 Å². The van der Waals surface area contributed by atoms with Gasteiger partial charge >= 0.3 is 0 Å². The van der Waals surface area contributed by atoms with E-state index in [-0.39, 0.29) is 11.7 Å². The largest absolute Gasteiger partial charge is 0.356 e. The van der Waals surface area contributed by atoms with Crippen LogP contribution in [-0.2, 0) is 6.42 Å². The van der Waals surface area contributed by atoms with Gasteiger partial charge in [0.2, 0.25) is 0 Å². The van der Waals surface area contributed by atoms with Crippen LogP contribution in [0, 0.1) is 19.7 Å². The third kappa shape index (κ3) is 3.50. The number of nitrogens with zero attached hydrogens (tertiary/aromatic N) is 1. The Balaban J connectivity index is 0.00000109. The standard InChI is InChI=1S/C20H19FN4O.C2H6/c1-11-10-22-8-6-13(11)18-19(17-16(25-18)7-9-23-20(17)26)24-15-5-3-4-14(21)12(15)2;1-2/h3-6,8,10,24-25H,7,9H2,1-2H3,(H,23,26);1-2H3. The Morgan fingerprint density at radius 1 is 1.18 bits per heavy atom. The summed E-state index contributed by atoms with van der Waals surface area (Å²) in [7, 11) is 0. The van der Waals surface area contributed by atoms with Crippen LogP contribution < -0.4 is 10.6 Å². The number of aryl methyl sites for hydroxylation is 1.